The summed E-state index contributed by atoms with van der Waals surface area (Å²) in [7, 11) is -4.05. The molecule has 27 heavy (non-hydrogen) atoms. The lowest BCUT2D eigenvalue weighted by molar-refractivity contribution is -0.386. The smallest absolute Gasteiger partial charge is 0.312 e. The maximum absolute atomic E-state index is 11.4. The number of hydrogen-bond acceptors (Lipinski definition) is 7. The average Bonchev–Trinajstić information content (AvgIpc) is 3.08. The molecule has 0 amide bonds. The molecule has 11 heteroatoms. The number of hydrogen-bond donors (Lipinski definition) is 1. The van der Waals surface area contributed by atoms with Crippen LogP contribution in [0.25, 0.3) is 10.6 Å². The number of halogens is 1. The van der Waals surface area contributed by atoms with Crippen LogP contribution in [0.4, 0.5) is 5.69 Å². The van der Waals surface area contributed by atoms with Gasteiger partial charge in [-0.05, 0) is 24.3 Å². The topological polar surface area (TPSA) is 125 Å². The van der Waals surface area contributed by atoms with Crippen molar-refractivity contribution in [2.24, 2.45) is 5.14 Å². The van der Waals surface area contributed by atoms with Crippen molar-refractivity contribution in [1.29, 1.82) is 0 Å². The summed E-state index contributed by atoms with van der Waals surface area (Å²) >= 11 is 7.26. The maximum Gasteiger partial charge on any atom is 0.312 e. The van der Waals surface area contributed by atoms with Crippen molar-refractivity contribution in [1.82, 2.24) is 4.98 Å². The molecule has 8 nitrogen and oxygen atoms in total. The van der Waals surface area contributed by atoms with Gasteiger partial charge in [0.05, 0.1) is 15.5 Å². The van der Waals surface area contributed by atoms with E-state index >= 15 is 0 Å². The van der Waals surface area contributed by atoms with Gasteiger partial charge in [-0.3, -0.25) is 10.1 Å². The number of benzene rings is 2. The fraction of sp³-hybridized carbons (Fsp3) is 0.0625. The highest BCUT2D eigenvalue weighted by molar-refractivity contribution is 7.89. The van der Waals surface area contributed by atoms with Gasteiger partial charge in [0.2, 0.25) is 10.0 Å². The summed E-state index contributed by atoms with van der Waals surface area (Å²) in [5, 5.41) is 19.3. The minimum atomic E-state index is -4.05. The first kappa shape index (κ1) is 19.2. The van der Waals surface area contributed by atoms with Gasteiger partial charge in [0, 0.05) is 22.0 Å². The molecule has 0 saturated heterocycles. The van der Waals surface area contributed by atoms with Gasteiger partial charge in [-0.1, -0.05) is 23.7 Å². The summed E-state index contributed by atoms with van der Waals surface area (Å²) < 4.78 is 28.2. The minimum Gasteiger partial charge on any atom is -0.480 e. The standard InChI is InChI=1S/C16H12ClN3O5S2/c17-11-3-1-10(2-4-11)16-19-12(9-26-16)8-25-15-6-5-13(27(18,23)24)7-14(15)20(21)22/h1-7,9H,8H2,(H2,18,23,24). The number of ether oxygens (including phenoxy) is 1. The average molecular weight is 426 g/mol. The Kier molecular flexibility index (Phi) is 5.42. The summed E-state index contributed by atoms with van der Waals surface area (Å²) in [6.45, 7) is -0.0142. The summed E-state index contributed by atoms with van der Waals surface area (Å²) in [6, 6.07) is 10.4. The first-order chi connectivity index (χ1) is 12.7. The molecule has 0 saturated carbocycles. The molecule has 0 radical (unpaired) electrons. The van der Waals surface area contributed by atoms with Crippen molar-refractivity contribution >= 4 is 38.6 Å². The van der Waals surface area contributed by atoms with Crippen LogP contribution in [-0.4, -0.2) is 18.3 Å². The molecular weight excluding hydrogens is 414 g/mol. The summed E-state index contributed by atoms with van der Waals surface area (Å²) in [4.78, 5) is 14.5. The molecule has 0 spiro atoms. The van der Waals surface area contributed by atoms with E-state index in [4.69, 9.17) is 21.5 Å². The van der Waals surface area contributed by atoms with Gasteiger partial charge in [-0.15, -0.1) is 11.3 Å². The van der Waals surface area contributed by atoms with E-state index in [9.17, 15) is 18.5 Å². The first-order valence-electron chi connectivity index (χ1n) is 7.38. The minimum absolute atomic E-state index is 0.0142. The normalized spacial score (nSPS) is 11.3. The molecule has 0 unspecified atom stereocenters. The number of aromatic nitrogens is 1. The van der Waals surface area contributed by atoms with Gasteiger partial charge in [0.15, 0.2) is 5.75 Å². The highest BCUT2D eigenvalue weighted by Crippen LogP contribution is 2.31. The van der Waals surface area contributed by atoms with Crippen LogP contribution in [0, 0.1) is 10.1 Å². The highest BCUT2D eigenvalue weighted by atomic mass is 35.5. The van der Waals surface area contributed by atoms with Crippen LogP contribution < -0.4 is 9.88 Å². The quantitative estimate of drug-likeness (QED) is 0.475. The van der Waals surface area contributed by atoms with Gasteiger partial charge in [-0.2, -0.15) is 0 Å². The van der Waals surface area contributed by atoms with Crippen LogP contribution in [0.15, 0.2) is 52.7 Å². The number of nitro groups is 1. The molecule has 3 rings (SSSR count). The fourth-order valence-electron chi connectivity index (χ4n) is 2.19. The number of thiazole rings is 1. The van der Waals surface area contributed by atoms with E-state index in [1.807, 2.05) is 12.1 Å². The molecule has 140 valence electrons. The summed E-state index contributed by atoms with van der Waals surface area (Å²) in [5.74, 6) is -0.0755. The Bertz CT molecular complexity index is 1100. The molecule has 0 aliphatic heterocycles. The predicted octanol–water partition coefficient (Wildman–Crippen LogP) is 3.60. The van der Waals surface area contributed by atoms with E-state index < -0.39 is 20.6 Å². The zero-order chi connectivity index (χ0) is 19.6. The summed E-state index contributed by atoms with van der Waals surface area (Å²) in [6.07, 6.45) is 0. The largest absolute Gasteiger partial charge is 0.480 e. The Morgan fingerprint density at radius 1 is 1.22 bits per heavy atom. The second-order valence-corrected chi connectivity index (χ2v) is 8.23. The zero-order valence-electron chi connectivity index (χ0n) is 13.5. The lowest BCUT2D eigenvalue weighted by atomic mass is 10.2. The molecule has 2 N–H and O–H groups in total. The van der Waals surface area contributed by atoms with Gasteiger partial charge in [0.1, 0.15) is 11.6 Å². The fourth-order valence-corrected chi connectivity index (χ4v) is 3.66. The molecular formula is C16H12ClN3O5S2. The Labute approximate surface area is 163 Å². The van der Waals surface area contributed by atoms with Gasteiger partial charge < -0.3 is 4.74 Å². The number of primary sulfonamides is 1. The molecule has 1 aromatic heterocycles. The first-order valence-corrected chi connectivity index (χ1v) is 10.2. The molecule has 0 fully saturated rings. The van der Waals surface area contributed by atoms with Crippen molar-refractivity contribution in [2.45, 2.75) is 11.5 Å². The van der Waals surface area contributed by atoms with Crippen molar-refractivity contribution in [3.8, 4) is 16.3 Å². The van der Waals surface area contributed by atoms with Crippen LogP contribution in [0.2, 0.25) is 5.02 Å². The lowest BCUT2D eigenvalue weighted by Crippen LogP contribution is -2.12. The predicted molar refractivity (Wildman–Crippen MR) is 101 cm³/mol. The third-order valence-electron chi connectivity index (χ3n) is 3.47. The second kappa shape index (κ2) is 7.61. The van der Waals surface area contributed by atoms with Crippen LogP contribution >= 0.6 is 22.9 Å². The van der Waals surface area contributed by atoms with Gasteiger partial charge >= 0.3 is 5.69 Å². The van der Waals surface area contributed by atoms with E-state index in [0.29, 0.717) is 10.7 Å². The Balaban J connectivity index is 1.79. The number of rotatable bonds is 6. The summed E-state index contributed by atoms with van der Waals surface area (Å²) in [5.41, 5.74) is 0.976. The molecule has 0 atom stereocenters. The number of nitrogens with two attached hydrogens (primary N) is 1. The van der Waals surface area contributed by atoms with E-state index in [1.165, 1.54) is 17.4 Å². The van der Waals surface area contributed by atoms with Crippen LogP contribution in [0.5, 0.6) is 5.75 Å². The maximum atomic E-state index is 11.4. The molecule has 0 aliphatic rings. The number of nitro benzene ring substituents is 1. The Hall–Kier alpha value is -2.53. The van der Waals surface area contributed by atoms with Crippen LogP contribution in [0.1, 0.15) is 5.69 Å². The van der Waals surface area contributed by atoms with E-state index in [1.54, 1.807) is 17.5 Å². The number of sulfonamides is 1. The monoisotopic (exact) mass is 425 g/mol. The SMILES string of the molecule is NS(=O)(=O)c1ccc(OCc2csc(-c3ccc(Cl)cc3)n2)c([N+](=O)[O-])c1. The zero-order valence-corrected chi connectivity index (χ0v) is 15.9. The third kappa shape index (κ3) is 4.61. The molecule has 1 heterocycles. The highest BCUT2D eigenvalue weighted by Gasteiger charge is 2.20. The molecule has 0 aliphatic carbocycles. The van der Waals surface area contributed by atoms with E-state index in [-0.39, 0.29) is 17.3 Å². The third-order valence-corrected chi connectivity index (χ3v) is 5.58. The van der Waals surface area contributed by atoms with Gasteiger partial charge in [-0.25, -0.2) is 18.5 Å². The van der Waals surface area contributed by atoms with Crippen LogP contribution in [-0.2, 0) is 16.6 Å². The van der Waals surface area contributed by atoms with Crippen molar-refractivity contribution < 1.29 is 18.1 Å². The van der Waals surface area contributed by atoms with Crippen molar-refractivity contribution in [3.05, 3.63) is 68.7 Å². The Morgan fingerprint density at radius 3 is 2.56 bits per heavy atom. The second-order valence-electron chi connectivity index (χ2n) is 5.37. The lowest BCUT2D eigenvalue weighted by Gasteiger charge is -2.06. The number of nitrogens with zero attached hydrogens (tertiary/aromatic N) is 2. The van der Waals surface area contributed by atoms with Crippen LogP contribution in [0.3, 0.4) is 0 Å². The van der Waals surface area contributed by atoms with Gasteiger partial charge in [0.25, 0.3) is 0 Å². The van der Waals surface area contributed by atoms with Crippen molar-refractivity contribution in [2.75, 3.05) is 0 Å². The molecule has 2 aromatic carbocycles. The van der Waals surface area contributed by atoms with E-state index in [0.717, 1.165) is 22.7 Å². The molecule has 0 bridgehead atoms. The molecule has 3 aromatic rings. The van der Waals surface area contributed by atoms with Crippen molar-refractivity contribution in [3.63, 3.8) is 0 Å². The Morgan fingerprint density at radius 2 is 1.93 bits per heavy atom. The van der Waals surface area contributed by atoms with E-state index in [2.05, 4.69) is 4.98 Å².